The van der Waals surface area contributed by atoms with Crippen LogP contribution < -0.4 is 10.1 Å². The van der Waals surface area contributed by atoms with Gasteiger partial charge in [0.2, 0.25) is 0 Å². The van der Waals surface area contributed by atoms with Crippen LogP contribution in [0.2, 0.25) is 0 Å². The zero-order chi connectivity index (χ0) is 12.0. The molecule has 0 amide bonds. The van der Waals surface area contributed by atoms with Gasteiger partial charge in [-0.2, -0.15) is 0 Å². The fourth-order valence-electron chi connectivity index (χ4n) is 1.31. The molecule has 0 atom stereocenters. The number of aliphatic hydroxyl groups excluding tert-OH is 1. The Kier molecular flexibility index (Phi) is 5.22. The first-order chi connectivity index (χ1) is 7.63. The van der Waals surface area contributed by atoms with Crippen LogP contribution in [-0.2, 0) is 6.54 Å². The van der Waals surface area contributed by atoms with Crippen molar-refractivity contribution in [3.63, 3.8) is 0 Å². The summed E-state index contributed by atoms with van der Waals surface area (Å²) < 4.78 is 5.42. The summed E-state index contributed by atoms with van der Waals surface area (Å²) in [6, 6.07) is 4.22. The van der Waals surface area contributed by atoms with E-state index >= 15 is 0 Å². The van der Waals surface area contributed by atoms with Crippen LogP contribution in [0.25, 0.3) is 0 Å². The summed E-state index contributed by atoms with van der Waals surface area (Å²) in [4.78, 5) is 4.43. The van der Waals surface area contributed by atoms with Crippen LogP contribution in [0.1, 0.15) is 25.2 Å². The normalized spacial score (nSPS) is 10.8. The highest BCUT2D eigenvalue weighted by atomic mass is 16.5. The first-order valence-electron chi connectivity index (χ1n) is 5.57. The summed E-state index contributed by atoms with van der Waals surface area (Å²) in [5, 5.41) is 12.0. The first kappa shape index (κ1) is 12.9. The van der Waals surface area contributed by atoms with Crippen molar-refractivity contribution in [2.45, 2.75) is 33.4 Å². The molecule has 4 nitrogen and oxygen atoms in total. The van der Waals surface area contributed by atoms with Gasteiger partial charge in [0.15, 0.2) is 0 Å². The number of nitrogens with one attached hydrogen (secondary N) is 1. The smallest absolute Gasteiger partial charge is 0.142 e. The molecule has 1 aromatic rings. The lowest BCUT2D eigenvalue weighted by molar-refractivity contribution is 0.199. The molecule has 0 saturated heterocycles. The Balaban J connectivity index is 2.72. The van der Waals surface area contributed by atoms with Gasteiger partial charge in [-0.3, -0.25) is 4.98 Å². The molecule has 16 heavy (non-hydrogen) atoms. The van der Waals surface area contributed by atoms with E-state index in [2.05, 4.69) is 24.1 Å². The minimum absolute atomic E-state index is 0.0188. The summed E-state index contributed by atoms with van der Waals surface area (Å²) >= 11 is 0. The second kappa shape index (κ2) is 6.45. The predicted octanol–water partition coefficient (Wildman–Crippen LogP) is 1.26. The van der Waals surface area contributed by atoms with Gasteiger partial charge in [-0.25, -0.2) is 0 Å². The maximum Gasteiger partial charge on any atom is 0.142 e. The molecule has 0 aliphatic carbocycles. The quantitative estimate of drug-likeness (QED) is 0.764. The van der Waals surface area contributed by atoms with Crippen LogP contribution in [0.3, 0.4) is 0 Å². The molecule has 0 bridgehead atoms. The largest absolute Gasteiger partial charge is 0.489 e. The van der Waals surface area contributed by atoms with Crippen LogP contribution >= 0.6 is 0 Å². The highest BCUT2D eigenvalue weighted by molar-refractivity contribution is 5.29. The number of hydrogen-bond donors (Lipinski definition) is 2. The first-order valence-corrected chi connectivity index (χ1v) is 5.57. The van der Waals surface area contributed by atoms with Gasteiger partial charge in [-0.05, 0) is 19.1 Å². The summed E-state index contributed by atoms with van der Waals surface area (Å²) in [6.45, 7) is 7.13. The van der Waals surface area contributed by atoms with E-state index in [1.54, 1.807) is 0 Å². The van der Waals surface area contributed by atoms with E-state index < -0.39 is 0 Å². The molecule has 4 heteroatoms. The Bertz CT molecular complexity index is 327. The fourth-order valence-corrected chi connectivity index (χ4v) is 1.31. The predicted molar refractivity (Wildman–Crippen MR) is 63.5 cm³/mol. The zero-order valence-corrected chi connectivity index (χ0v) is 10.2. The van der Waals surface area contributed by atoms with Crippen molar-refractivity contribution in [2.75, 3.05) is 13.2 Å². The maximum atomic E-state index is 8.73. The number of aromatic nitrogens is 1. The van der Waals surface area contributed by atoms with Gasteiger partial charge in [-0.1, -0.05) is 13.8 Å². The van der Waals surface area contributed by atoms with E-state index in [4.69, 9.17) is 9.84 Å². The number of hydrogen-bond acceptors (Lipinski definition) is 4. The number of pyridine rings is 1. The lowest BCUT2D eigenvalue weighted by Crippen LogP contribution is -2.23. The lowest BCUT2D eigenvalue weighted by atomic mass is 10.2. The van der Waals surface area contributed by atoms with E-state index in [1.165, 1.54) is 0 Å². The monoisotopic (exact) mass is 224 g/mol. The molecule has 0 aromatic carbocycles. The van der Waals surface area contributed by atoms with Gasteiger partial charge in [0.1, 0.15) is 12.4 Å². The van der Waals surface area contributed by atoms with Crippen molar-refractivity contribution in [3.05, 3.63) is 23.5 Å². The minimum atomic E-state index is 0.0188. The highest BCUT2D eigenvalue weighted by Crippen LogP contribution is 2.16. The van der Waals surface area contributed by atoms with Gasteiger partial charge < -0.3 is 15.2 Å². The number of ether oxygens (including phenoxy) is 1. The zero-order valence-electron chi connectivity index (χ0n) is 10.2. The molecule has 0 aliphatic heterocycles. The maximum absolute atomic E-state index is 8.73. The number of rotatable bonds is 6. The SMILES string of the molecule is Cc1ccc(OCCO)c(CNC(C)C)n1. The lowest BCUT2D eigenvalue weighted by Gasteiger charge is -2.13. The van der Waals surface area contributed by atoms with E-state index in [1.807, 2.05) is 19.1 Å². The topological polar surface area (TPSA) is 54.4 Å². The molecule has 0 fully saturated rings. The van der Waals surface area contributed by atoms with Gasteiger partial charge in [0.05, 0.1) is 12.3 Å². The van der Waals surface area contributed by atoms with Crippen LogP contribution in [0.15, 0.2) is 12.1 Å². The van der Waals surface area contributed by atoms with Gasteiger partial charge in [-0.15, -0.1) is 0 Å². The Morgan fingerprint density at radius 1 is 1.44 bits per heavy atom. The Morgan fingerprint density at radius 3 is 2.81 bits per heavy atom. The average Bonchev–Trinajstić information content (AvgIpc) is 2.25. The molecule has 1 rings (SSSR count). The molecular weight excluding hydrogens is 204 g/mol. The molecule has 0 radical (unpaired) electrons. The van der Waals surface area contributed by atoms with Crippen molar-refractivity contribution in [1.29, 1.82) is 0 Å². The average molecular weight is 224 g/mol. The molecule has 0 spiro atoms. The Hall–Kier alpha value is -1.13. The van der Waals surface area contributed by atoms with Gasteiger partial charge in [0, 0.05) is 18.3 Å². The van der Waals surface area contributed by atoms with Gasteiger partial charge >= 0.3 is 0 Å². The second-order valence-electron chi connectivity index (χ2n) is 4.01. The van der Waals surface area contributed by atoms with Crippen molar-refractivity contribution in [3.8, 4) is 5.75 Å². The molecule has 0 saturated carbocycles. The van der Waals surface area contributed by atoms with E-state index in [0.29, 0.717) is 19.2 Å². The molecule has 0 aliphatic rings. The van der Waals surface area contributed by atoms with Crippen LogP contribution in [-0.4, -0.2) is 29.3 Å². The number of aryl methyl sites for hydroxylation is 1. The molecule has 1 heterocycles. The highest BCUT2D eigenvalue weighted by Gasteiger charge is 2.06. The van der Waals surface area contributed by atoms with E-state index in [9.17, 15) is 0 Å². The van der Waals surface area contributed by atoms with Crippen LogP contribution in [0, 0.1) is 6.92 Å². The second-order valence-corrected chi connectivity index (χ2v) is 4.01. The van der Waals surface area contributed by atoms with Crippen molar-refractivity contribution in [2.24, 2.45) is 0 Å². The van der Waals surface area contributed by atoms with Crippen LogP contribution in [0.4, 0.5) is 0 Å². The summed E-state index contributed by atoms with van der Waals surface area (Å²) in [5.74, 6) is 0.743. The number of aliphatic hydroxyl groups is 1. The molecule has 1 aromatic heterocycles. The van der Waals surface area contributed by atoms with E-state index in [0.717, 1.165) is 17.1 Å². The minimum Gasteiger partial charge on any atom is -0.489 e. The third-order valence-corrected chi connectivity index (χ3v) is 2.10. The van der Waals surface area contributed by atoms with Crippen molar-refractivity contribution < 1.29 is 9.84 Å². The summed E-state index contributed by atoms with van der Waals surface area (Å²) in [7, 11) is 0. The third kappa shape index (κ3) is 4.16. The van der Waals surface area contributed by atoms with Crippen molar-refractivity contribution in [1.82, 2.24) is 10.3 Å². The van der Waals surface area contributed by atoms with Gasteiger partial charge in [0.25, 0.3) is 0 Å². The van der Waals surface area contributed by atoms with E-state index in [-0.39, 0.29) is 6.61 Å². The molecule has 90 valence electrons. The molecule has 2 N–H and O–H groups in total. The van der Waals surface area contributed by atoms with Crippen molar-refractivity contribution >= 4 is 0 Å². The molecule has 0 unspecified atom stereocenters. The van der Waals surface area contributed by atoms with Crippen LogP contribution in [0.5, 0.6) is 5.75 Å². The summed E-state index contributed by atoms with van der Waals surface area (Å²) in [5.41, 5.74) is 1.86. The standard InChI is InChI=1S/C12H20N2O2/c1-9(2)13-8-11-12(16-7-6-15)5-4-10(3)14-11/h4-5,9,13,15H,6-8H2,1-3H3. The summed E-state index contributed by atoms with van der Waals surface area (Å²) in [6.07, 6.45) is 0. The fraction of sp³-hybridized carbons (Fsp3) is 0.583. The Labute approximate surface area is 96.7 Å². The Morgan fingerprint density at radius 2 is 2.19 bits per heavy atom. The number of nitrogens with zero attached hydrogens (tertiary/aromatic N) is 1. The third-order valence-electron chi connectivity index (χ3n) is 2.10. The molecular formula is C12H20N2O2.